The average molecular weight is 370 g/mol. The third-order valence-electron chi connectivity index (χ3n) is 3.40. The van der Waals surface area contributed by atoms with E-state index in [2.05, 4.69) is 27.5 Å². The molecule has 136 valence electrons. The minimum Gasteiger partial charge on any atom is -0.357 e. The number of aryl methyl sites for hydroxylation is 1. The highest BCUT2D eigenvalue weighted by Gasteiger charge is 2.29. The highest BCUT2D eigenvalue weighted by Crippen LogP contribution is 2.29. The molecule has 1 heterocycles. The van der Waals surface area contributed by atoms with Crippen molar-refractivity contribution >= 4 is 17.3 Å². The Morgan fingerprint density at radius 3 is 2.44 bits per heavy atom. The summed E-state index contributed by atoms with van der Waals surface area (Å²) in [7, 11) is 0. The molecule has 0 fully saturated rings. The molecule has 8 heteroatoms. The Hall–Kier alpha value is -2.09. The zero-order chi connectivity index (χ0) is 18.3. The van der Waals surface area contributed by atoms with Crippen molar-refractivity contribution in [3.63, 3.8) is 0 Å². The molecule has 2 rings (SSSR count). The van der Waals surface area contributed by atoms with Gasteiger partial charge >= 0.3 is 6.18 Å². The first-order valence-electron chi connectivity index (χ1n) is 8.04. The summed E-state index contributed by atoms with van der Waals surface area (Å²) in [6.07, 6.45) is -1.49. The number of nitrogens with zero attached hydrogens (tertiary/aromatic N) is 2. The van der Waals surface area contributed by atoms with Crippen LogP contribution in [0, 0.1) is 0 Å². The Labute approximate surface area is 149 Å². The van der Waals surface area contributed by atoms with E-state index in [4.69, 9.17) is 0 Å². The summed E-state index contributed by atoms with van der Waals surface area (Å²) >= 11 is 1.65. The third-order valence-corrected chi connectivity index (χ3v) is 4.54. The van der Waals surface area contributed by atoms with Gasteiger partial charge in [0.15, 0.2) is 5.96 Å². The van der Waals surface area contributed by atoms with E-state index in [0.29, 0.717) is 31.2 Å². The van der Waals surface area contributed by atoms with Gasteiger partial charge < -0.3 is 10.6 Å². The molecule has 0 saturated carbocycles. The summed E-state index contributed by atoms with van der Waals surface area (Å²) in [6.45, 7) is 5.58. The van der Waals surface area contributed by atoms with Crippen LogP contribution in [-0.4, -0.2) is 17.5 Å². The maximum Gasteiger partial charge on any atom is 0.416 e. The van der Waals surface area contributed by atoms with Gasteiger partial charge in [-0.15, -0.1) is 11.3 Å². The Kier molecular flexibility index (Phi) is 6.81. The van der Waals surface area contributed by atoms with Crippen LogP contribution in [0.15, 0.2) is 35.5 Å². The van der Waals surface area contributed by atoms with E-state index >= 15 is 0 Å². The van der Waals surface area contributed by atoms with E-state index in [1.807, 2.05) is 13.1 Å². The highest BCUT2D eigenvalue weighted by molar-refractivity contribution is 7.11. The predicted molar refractivity (Wildman–Crippen MR) is 94.6 cm³/mol. The van der Waals surface area contributed by atoms with Crippen molar-refractivity contribution in [2.75, 3.05) is 6.54 Å². The van der Waals surface area contributed by atoms with E-state index in [0.717, 1.165) is 23.6 Å². The number of nitrogens with one attached hydrogen (secondary N) is 2. The first kappa shape index (κ1) is 19.2. The van der Waals surface area contributed by atoms with Crippen LogP contribution in [0.1, 0.15) is 34.9 Å². The van der Waals surface area contributed by atoms with Gasteiger partial charge in [0, 0.05) is 17.6 Å². The van der Waals surface area contributed by atoms with Crippen LogP contribution in [0.5, 0.6) is 0 Å². The lowest BCUT2D eigenvalue weighted by atomic mass is 10.1. The average Bonchev–Trinajstić information content (AvgIpc) is 3.05. The van der Waals surface area contributed by atoms with Gasteiger partial charge in [-0.05, 0) is 31.0 Å². The molecule has 0 bridgehead atoms. The monoisotopic (exact) mass is 370 g/mol. The number of halogens is 3. The molecule has 1 aromatic heterocycles. The van der Waals surface area contributed by atoms with Gasteiger partial charge in [0.2, 0.25) is 0 Å². The second kappa shape index (κ2) is 8.84. The molecule has 0 amide bonds. The number of aromatic nitrogens is 1. The molecule has 0 radical (unpaired) electrons. The molecule has 2 N–H and O–H groups in total. The van der Waals surface area contributed by atoms with Crippen LogP contribution in [-0.2, 0) is 25.7 Å². The summed E-state index contributed by atoms with van der Waals surface area (Å²) in [5, 5.41) is 7.27. The van der Waals surface area contributed by atoms with Gasteiger partial charge in [-0.1, -0.05) is 19.1 Å². The summed E-state index contributed by atoms with van der Waals surface area (Å²) in [5.41, 5.74) is 0.0634. The van der Waals surface area contributed by atoms with Crippen molar-refractivity contribution in [2.45, 2.75) is 39.5 Å². The zero-order valence-electron chi connectivity index (χ0n) is 14.2. The second-order valence-corrected chi connectivity index (χ2v) is 6.52. The lowest BCUT2D eigenvalue weighted by Gasteiger charge is -2.10. The minimum atomic E-state index is -4.32. The van der Waals surface area contributed by atoms with Crippen molar-refractivity contribution in [2.24, 2.45) is 4.99 Å². The molecule has 0 aliphatic heterocycles. The van der Waals surface area contributed by atoms with Gasteiger partial charge in [0.25, 0.3) is 0 Å². The smallest absolute Gasteiger partial charge is 0.357 e. The van der Waals surface area contributed by atoms with Crippen molar-refractivity contribution in [3.05, 3.63) is 51.5 Å². The molecular weight excluding hydrogens is 349 g/mol. The van der Waals surface area contributed by atoms with Crippen molar-refractivity contribution in [1.29, 1.82) is 0 Å². The normalized spacial score (nSPS) is 12.3. The number of alkyl halides is 3. The fraction of sp³-hybridized carbons (Fsp3) is 0.412. The third kappa shape index (κ3) is 6.04. The Balaban J connectivity index is 1.96. The first-order valence-corrected chi connectivity index (χ1v) is 8.86. The fourth-order valence-corrected chi connectivity index (χ4v) is 2.87. The molecule has 0 aliphatic carbocycles. The molecule has 0 spiro atoms. The lowest BCUT2D eigenvalue weighted by Crippen LogP contribution is -2.36. The van der Waals surface area contributed by atoms with Crippen LogP contribution in [0.25, 0.3) is 0 Å². The maximum atomic E-state index is 12.6. The molecule has 25 heavy (non-hydrogen) atoms. The summed E-state index contributed by atoms with van der Waals surface area (Å²) in [4.78, 5) is 9.97. The molecule has 0 unspecified atom stereocenters. The van der Waals surface area contributed by atoms with Crippen LogP contribution >= 0.6 is 11.3 Å². The topological polar surface area (TPSA) is 49.3 Å². The van der Waals surface area contributed by atoms with E-state index in [-0.39, 0.29) is 0 Å². The number of guanidine groups is 1. The SMILES string of the molecule is CCNC(=NCc1ccc(C(F)(F)F)cc1)NCc1ncc(CC)s1. The summed E-state index contributed by atoms with van der Waals surface area (Å²) in [6, 6.07) is 5.05. The largest absolute Gasteiger partial charge is 0.416 e. The Morgan fingerprint density at radius 2 is 1.88 bits per heavy atom. The van der Waals surface area contributed by atoms with Crippen molar-refractivity contribution < 1.29 is 13.2 Å². The molecule has 1 aromatic carbocycles. The van der Waals surface area contributed by atoms with Crippen molar-refractivity contribution in [1.82, 2.24) is 15.6 Å². The van der Waals surface area contributed by atoms with Gasteiger partial charge in [0.1, 0.15) is 5.01 Å². The summed E-state index contributed by atoms with van der Waals surface area (Å²) in [5.74, 6) is 0.607. The van der Waals surface area contributed by atoms with Crippen LogP contribution in [0.2, 0.25) is 0 Å². The van der Waals surface area contributed by atoms with Gasteiger partial charge in [-0.25, -0.2) is 9.98 Å². The Bertz CT molecular complexity index is 693. The van der Waals surface area contributed by atoms with E-state index in [9.17, 15) is 13.2 Å². The second-order valence-electron chi connectivity index (χ2n) is 5.32. The molecule has 0 saturated heterocycles. The number of benzene rings is 1. The standard InChI is InChI=1S/C17H21F3N4S/c1-3-14-10-22-15(25-14)11-24-16(21-4-2)23-9-12-5-7-13(8-6-12)17(18,19)20/h5-8,10H,3-4,9,11H2,1-2H3,(H2,21,23,24). The molecule has 0 aliphatic rings. The highest BCUT2D eigenvalue weighted by atomic mass is 32.1. The number of rotatable bonds is 6. The number of thiazole rings is 1. The van der Waals surface area contributed by atoms with E-state index in [1.165, 1.54) is 17.0 Å². The van der Waals surface area contributed by atoms with Gasteiger partial charge in [-0.3, -0.25) is 0 Å². The van der Waals surface area contributed by atoms with Crippen LogP contribution in [0.3, 0.4) is 0 Å². The summed E-state index contributed by atoms with van der Waals surface area (Å²) < 4.78 is 37.7. The maximum absolute atomic E-state index is 12.6. The molecule has 0 atom stereocenters. The number of aliphatic imine (C=N–C) groups is 1. The molecule has 4 nitrogen and oxygen atoms in total. The predicted octanol–water partition coefficient (Wildman–Crippen LogP) is 3.98. The van der Waals surface area contributed by atoms with E-state index < -0.39 is 11.7 Å². The fourth-order valence-electron chi connectivity index (χ4n) is 2.06. The van der Waals surface area contributed by atoms with Gasteiger partial charge in [0.05, 0.1) is 18.7 Å². The van der Waals surface area contributed by atoms with Gasteiger partial charge in [-0.2, -0.15) is 13.2 Å². The Morgan fingerprint density at radius 1 is 1.16 bits per heavy atom. The number of hydrogen-bond acceptors (Lipinski definition) is 3. The lowest BCUT2D eigenvalue weighted by molar-refractivity contribution is -0.137. The van der Waals surface area contributed by atoms with Crippen molar-refractivity contribution in [3.8, 4) is 0 Å². The van der Waals surface area contributed by atoms with E-state index in [1.54, 1.807) is 11.3 Å². The minimum absolute atomic E-state index is 0.297. The van der Waals surface area contributed by atoms with Crippen LogP contribution in [0.4, 0.5) is 13.2 Å². The molecule has 2 aromatic rings. The number of hydrogen-bond donors (Lipinski definition) is 2. The zero-order valence-corrected chi connectivity index (χ0v) is 15.0. The molecular formula is C17H21F3N4S. The first-order chi connectivity index (χ1) is 11.9. The van der Waals surface area contributed by atoms with Crippen LogP contribution < -0.4 is 10.6 Å². The quantitative estimate of drug-likeness (QED) is 0.597.